The molecule has 27 heavy (non-hydrogen) atoms. The fraction of sp³-hybridized carbons (Fsp3) is 0. The Balaban J connectivity index is 1.68. The van der Waals surface area contributed by atoms with Crippen molar-refractivity contribution in [3.05, 3.63) is 72.7 Å². The third-order valence-electron chi connectivity index (χ3n) is 3.82. The van der Waals surface area contributed by atoms with Gasteiger partial charge in [0.1, 0.15) is 11.3 Å². The van der Waals surface area contributed by atoms with E-state index in [0.29, 0.717) is 17.0 Å². The highest BCUT2D eigenvalue weighted by atomic mass is 127. The maximum atomic E-state index is 9.93. The van der Waals surface area contributed by atoms with Gasteiger partial charge in [-0.25, -0.2) is 4.98 Å². The first-order valence-electron chi connectivity index (χ1n) is 7.87. The topological polar surface area (TPSA) is 58.6 Å². The number of halogens is 3. The van der Waals surface area contributed by atoms with Gasteiger partial charge in [0.05, 0.1) is 5.69 Å². The van der Waals surface area contributed by atoms with Crippen LogP contribution in [0.2, 0.25) is 0 Å². The number of hydrogen-bond donors (Lipinski definition) is 1. The average molecular weight is 598 g/mol. The van der Waals surface area contributed by atoms with Crippen LogP contribution >= 0.6 is 54.5 Å². The zero-order valence-corrected chi connectivity index (χ0v) is 19.0. The number of aromatic hydroxyl groups is 1. The molecule has 3 aromatic carbocycles. The van der Waals surface area contributed by atoms with Crippen LogP contribution < -0.4 is 0 Å². The lowest BCUT2D eigenvalue weighted by Crippen LogP contribution is -1.83. The summed E-state index contributed by atoms with van der Waals surface area (Å²) in [7, 11) is 0. The molecular formula is C20H11Br2IN2O2. The predicted octanol–water partition coefficient (Wildman–Crippen LogP) is 7.08. The molecule has 0 aliphatic rings. The predicted molar refractivity (Wildman–Crippen MR) is 123 cm³/mol. The normalized spacial score (nSPS) is 11.5. The summed E-state index contributed by atoms with van der Waals surface area (Å²) in [5.41, 5.74) is 3.69. The first kappa shape index (κ1) is 18.6. The number of aromatic nitrogens is 1. The maximum absolute atomic E-state index is 9.93. The van der Waals surface area contributed by atoms with Crippen molar-refractivity contribution in [1.82, 2.24) is 4.98 Å². The Morgan fingerprint density at radius 1 is 1.00 bits per heavy atom. The van der Waals surface area contributed by atoms with Gasteiger partial charge in [-0.2, -0.15) is 0 Å². The lowest BCUT2D eigenvalue weighted by atomic mass is 10.2. The van der Waals surface area contributed by atoms with E-state index >= 15 is 0 Å². The van der Waals surface area contributed by atoms with Gasteiger partial charge in [-0.15, -0.1) is 0 Å². The fourth-order valence-corrected chi connectivity index (χ4v) is 4.38. The summed E-state index contributed by atoms with van der Waals surface area (Å²) < 4.78 is 8.79. The van der Waals surface area contributed by atoms with E-state index in [2.05, 4.69) is 64.4 Å². The Hall–Kier alpha value is -1.71. The molecule has 0 aliphatic heterocycles. The molecule has 1 N–H and O–H groups in total. The lowest BCUT2D eigenvalue weighted by Gasteiger charge is -1.99. The van der Waals surface area contributed by atoms with Gasteiger partial charge < -0.3 is 9.52 Å². The van der Waals surface area contributed by atoms with Gasteiger partial charge in [-0.3, -0.25) is 4.99 Å². The van der Waals surface area contributed by atoms with E-state index in [1.54, 1.807) is 12.3 Å². The Labute approximate surface area is 185 Å². The quantitative estimate of drug-likeness (QED) is 0.203. The summed E-state index contributed by atoms with van der Waals surface area (Å²) in [4.78, 5) is 9.03. The second-order valence-corrected chi connectivity index (χ2v) is 8.87. The van der Waals surface area contributed by atoms with E-state index in [-0.39, 0.29) is 5.75 Å². The molecule has 0 fully saturated rings. The molecule has 134 valence electrons. The van der Waals surface area contributed by atoms with Crippen LogP contribution in [0.4, 0.5) is 5.69 Å². The molecule has 0 bridgehead atoms. The van der Waals surface area contributed by atoms with Crippen LogP contribution in [0.5, 0.6) is 5.75 Å². The van der Waals surface area contributed by atoms with Gasteiger partial charge >= 0.3 is 0 Å². The van der Waals surface area contributed by atoms with Crippen LogP contribution in [0.3, 0.4) is 0 Å². The van der Waals surface area contributed by atoms with Gasteiger partial charge in [0.25, 0.3) is 0 Å². The molecule has 1 aromatic heterocycles. The Bertz CT molecular complexity index is 1170. The highest BCUT2D eigenvalue weighted by Gasteiger charge is 2.10. The molecule has 0 atom stereocenters. The number of rotatable bonds is 3. The van der Waals surface area contributed by atoms with Crippen molar-refractivity contribution in [1.29, 1.82) is 0 Å². The highest BCUT2D eigenvalue weighted by molar-refractivity contribution is 14.1. The van der Waals surface area contributed by atoms with Gasteiger partial charge in [-0.1, -0.05) is 31.9 Å². The minimum absolute atomic E-state index is 0.198. The molecule has 0 spiro atoms. The van der Waals surface area contributed by atoms with Gasteiger partial charge in [0.15, 0.2) is 5.58 Å². The van der Waals surface area contributed by atoms with Crippen molar-refractivity contribution in [2.45, 2.75) is 0 Å². The molecule has 4 aromatic rings. The maximum Gasteiger partial charge on any atom is 0.227 e. The number of aliphatic imine (C=N–C) groups is 1. The van der Waals surface area contributed by atoms with Crippen LogP contribution in [-0.4, -0.2) is 16.3 Å². The van der Waals surface area contributed by atoms with E-state index in [1.807, 2.05) is 48.5 Å². The smallest absolute Gasteiger partial charge is 0.227 e. The van der Waals surface area contributed by atoms with E-state index in [0.717, 1.165) is 29.3 Å². The summed E-state index contributed by atoms with van der Waals surface area (Å²) in [6, 6.07) is 16.8. The summed E-state index contributed by atoms with van der Waals surface area (Å²) in [5, 5.41) is 9.93. The molecular weight excluding hydrogens is 587 g/mol. The second-order valence-electron chi connectivity index (χ2n) is 5.79. The second kappa shape index (κ2) is 7.73. The summed E-state index contributed by atoms with van der Waals surface area (Å²) >= 11 is 9.16. The third kappa shape index (κ3) is 4.25. The molecule has 0 aliphatic carbocycles. The van der Waals surface area contributed by atoms with Crippen molar-refractivity contribution in [2.24, 2.45) is 4.99 Å². The molecule has 0 unspecified atom stereocenters. The number of phenolic OH excluding ortho intramolecular Hbond substituents is 1. The Kier molecular flexibility index (Phi) is 5.34. The van der Waals surface area contributed by atoms with Crippen molar-refractivity contribution < 1.29 is 9.52 Å². The largest absolute Gasteiger partial charge is 0.507 e. The molecule has 4 nitrogen and oxygen atoms in total. The summed E-state index contributed by atoms with van der Waals surface area (Å²) in [6.07, 6.45) is 1.64. The highest BCUT2D eigenvalue weighted by Crippen LogP contribution is 2.31. The summed E-state index contributed by atoms with van der Waals surface area (Å²) in [5.74, 6) is 0.743. The van der Waals surface area contributed by atoms with Crippen LogP contribution in [0, 0.1) is 3.57 Å². The van der Waals surface area contributed by atoms with Gasteiger partial charge in [0.2, 0.25) is 5.89 Å². The standard InChI is InChI=1S/C20H11Br2IN2O2/c21-13-5-11(6-14(22)8-13)20-25-17-9-16(2-4-19(17)27-20)24-10-12-7-15(23)1-3-18(12)26/h1-10,26H. The number of benzene rings is 3. The molecule has 0 amide bonds. The molecule has 0 radical (unpaired) electrons. The number of phenols is 1. The van der Waals surface area contributed by atoms with Crippen molar-refractivity contribution in [3.8, 4) is 17.2 Å². The van der Waals surface area contributed by atoms with E-state index in [4.69, 9.17) is 4.42 Å². The zero-order valence-electron chi connectivity index (χ0n) is 13.7. The monoisotopic (exact) mass is 596 g/mol. The zero-order chi connectivity index (χ0) is 19.0. The molecule has 7 heteroatoms. The Morgan fingerprint density at radius 2 is 1.78 bits per heavy atom. The van der Waals surface area contributed by atoms with Crippen molar-refractivity contribution in [2.75, 3.05) is 0 Å². The Morgan fingerprint density at radius 3 is 2.56 bits per heavy atom. The van der Waals surface area contributed by atoms with E-state index < -0.39 is 0 Å². The SMILES string of the molecule is Oc1ccc(I)cc1C=Nc1ccc2oc(-c3cc(Br)cc(Br)c3)nc2c1. The van der Waals surface area contributed by atoms with E-state index in [9.17, 15) is 5.11 Å². The van der Waals surface area contributed by atoms with Gasteiger partial charge in [0, 0.05) is 29.9 Å². The first-order valence-corrected chi connectivity index (χ1v) is 10.5. The summed E-state index contributed by atoms with van der Waals surface area (Å²) in [6.45, 7) is 0. The molecule has 4 rings (SSSR count). The van der Waals surface area contributed by atoms with Gasteiger partial charge in [-0.05, 0) is 77.2 Å². The molecule has 0 saturated carbocycles. The van der Waals surface area contributed by atoms with Crippen molar-refractivity contribution >= 4 is 77.5 Å². The molecule has 0 saturated heterocycles. The van der Waals surface area contributed by atoms with Crippen LogP contribution in [-0.2, 0) is 0 Å². The van der Waals surface area contributed by atoms with Crippen LogP contribution in [0.1, 0.15) is 5.56 Å². The fourth-order valence-electron chi connectivity index (χ4n) is 2.57. The lowest BCUT2D eigenvalue weighted by molar-refractivity contribution is 0.474. The number of oxazole rings is 1. The molecule has 1 heterocycles. The number of fused-ring (bicyclic) bond motifs is 1. The van der Waals surface area contributed by atoms with Crippen LogP contribution in [0.15, 0.2) is 73.0 Å². The first-order chi connectivity index (χ1) is 13.0. The number of hydrogen-bond acceptors (Lipinski definition) is 4. The average Bonchev–Trinajstić information content (AvgIpc) is 3.05. The minimum Gasteiger partial charge on any atom is -0.507 e. The minimum atomic E-state index is 0.198. The third-order valence-corrected chi connectivity index (χ3v) is 5.41. The van der Waals surface area contributed by atoms with E-state index in [1.165, 1.54) is 0 Å². The van der Waals surface area contributed by atoms with Crippen LogP contribution in [0.25, 0.3) is 22.6 Å². The number of nitrogens with zero attached hydrogens (tertiary/aromatic N) is 2. The van der Waals surface area contributed by atoms with Crippen molar-refractivity contribution in [3.63, 3.8) is 0 Å².